The van der Waals surface area contributed by atoms with E-state index in [1.165, 1.54) is 16.8 Å². The highest BCUT2D eigenvalue weighted by Gasteiger charge is 2.20. The molecule has 1 saturated heterocycles. The first-order valence-corrected chi connectivity index (χ1v) is 9.78. The molecule has 0 atom stereocenters. The molecular formula is C21H29N5O. The van der Waals surface area contributed by atoms with Crippen molar-refractivity contribution >= 4 is 23.2 Å². The zero-order valence-corrected chi connectivity index (χ0v) is 16.5. The molecule has 1 aromatic heterocycles. The van der Waals surface area contributed by atoms with Crippen molar-refractivity contribution in [3.8, 4) is 0 Å². The number of hydrogen-bond donors (Lipinski definition) is 1. The van der Waals surface area contributed by atoms with Gasteiger partial charge in [-0.3, -0.25) is 4.79 Å². The van der Waals surface area contributed by atoms with Crippen molar-refractivity contribution in [1.82, 2.24) is 10.2 Å². The average Bonchev–Trinajstić information content (AvgIpc) is 2.69. The van der Waals surface area contributed by atoms with Gasteiger partial charge >= 0.3 is 0 Å². The van der Waals surface area contributed by atoms with Crippen LogP contribution in [0.25, 0.3) is 0 Å². The third kappa shape index (κ3) is 4.76. The molecule has 1 aliphatic rings. The van der Waals surface area contributed by atoms with Crippen molar-refractivity contribution in [3.05, 3.63) is 41.5 Å². The SMILES string of the molecule is CCCCC(=O)Nc1ccc(N2CCN(c3cccc(C)c3C)CC2)nn1. The fourth-order valence-electron chi connectivity index (χ4n) is 3.36. The number of unbranched alkanes of at least 4 members (excludes halogenated alkanes) is 1. The second-order valence-electron chi connectivity index (χ2n) is 7.12. The lowest BCUT2D eigenvalue weighted by atomic mass is 10.1. The third-order valence-corrected chi connectivity index (χ3v) is 5.20. The van der Waals surface area contributed by atoms with Crippen LogP contribution in [-0.4, -0.2) is 42.3 Å². The van der Waals surface area contributed by atoms with Gasteiger partial charge in [-0.25, -0.2) is 0 Å². The number of amides is 1. The van der Waals surface area contributed by atoms with Gasteiger partial charge in [-0.05, 0) is 49.6 Å². The molecule has 0 radical (unpaired) electrons. The molecule has 0 aliphatic carbocycles. The molecule has 2 aromatic rings. The van der Waals surface area contributed by atoms with E-state index in [0.717, 1.165) is 44.8 Å². The van der Waals surface area contributed by atoms with E-state index in [4.69, 9.17) is 0 Å². The van der Waals surface area contributed by atoms with Crippen molar-refractivity contribution in [2.45, 2.75) is 40.0 Å². The highest BCUT2D eigenvalue weighted by atomic mass is 16.1. The lowest BCUT2D eigenvalue weighted by Gasteiger charge is -2.37. The van der Waals surface area contributed by atoms with E-state index in [9.17, 15) is 4.79 Å². The van der Waals surface area contributed by atoms with Gasteiger partial charge in [-0.1, -0.05) is 25.5 Å². The summed E-state index contributed by atoms with van der Waals surface area (Å²) < 4.78 is 0. The molecule has 0 bridgehead atoms. The van der Waals surface area contributed by atoms with Gasteiger partial charge in [0.2, 0.25) is 5.91 Å². The molecule has 0 unspecified atom stereocenters. The minimum absolute atomic E-state index is 0.000962. The number of rotatable bonds is 6. The number of aryl methyl sites for hydroxylation is 1. The lowest BCUT2D eigenvalue weighted by molar-refractivity contribution is -0.116. The topological polar surface area (TPSA) is 61.4 Å². The molecule has 6 heteroatoms. The van der Waals surface area contributed by atoms with Crippen LogP contribution < -0.4 is 15.1 Å². The number of aromatic nitrogens is 2. The van der Waals surface area contributed by atoms with Crippen molar-refractivity contribution in [3.63, 3.8) is 0 Å². The summed E-state index contributed by atoms with van der Waals surface area (Å²) >= 11 is 0. The first-order chi connectivity index (χ1) is 13.1. The molecular weight excluding hydrogens is 338 g/mol. The predicted octanol–water partition coefficient (Wildman–Crippen LogP) is 3.55. The van der Waals surface area contributed by atoms with Crippen LogP contribution in [0.4, 0.5) is 17.3 Å². The standard InChI is InChI=1S/C21H29N5O/c1-4-5-9-21(27)22-19-10-11-20(24-23-19)26-14-12-25(13-15-26)18-8-6-7-16(2)17(18)3/h6-8,10-11H,4-5,9,12-15H2,1-3H3,(H,22,23,27). The van der Waals surface area contributed by atoms with Crippen LogP contribution in [0.5, 0.6) is 0 Å². The van der Waals surface area contributed by atoms with Crippen molar-refractivity contribution < 1.29 is 4.79 Å². The number of benzene rings is 1. The highest BCUT2D eigenvalue weighted by Crippen LogP contribution is 2.25. The maximum Gasteiger partial charge on any atom is 0.225 e. The zero-order valence-electron chi connectivity index (χ0n) is 16.5. The van der Waals surface area contributed by atoms with Crippen molar-refractivity contribution in [2.75, 3.05) is 41.3 Å². The summed E-state index contributed by atoms with van der Waals surface area (Å²) in [4.78, 5) is 16.5. The van der Waals surface area contributed by atoms with Gasteiger partial charge in [-0.15, -0.1) is 10.2 Å². The molecule has 0 saturated carbocycles. The summed E-state index contributed by atoms with van der Waals surface area (Å²) in [6.45, 7) is 10.2. The first-order valence-electron chi connectivity index (χ1n) is 9.78. The molecule has 1 N–H and O–H groups in total. The molecule has 2 heterocycles. The summed E-state index contributed by atoms with van der Waals surface area (Å²) in [7, 11) is 0. The number of hydrogen-bond acceptors (Lipinski definition) is 5. The molecule has 1 fully saturated rings. The summed E-state index contributed by atoms with van der Waals surface area (Å²) in [5, 5.41) is 11.3. The number of piperazine rings is 1. The smallest absolute Gasteiger partial charge is 0.225 e. The zero-order chi connectivity index (χ0) is 19.2. The Balaban J connectivity index is 1.56. The lowest BCUT2D eigenvalue weighted by Crippen LogP contribution is -2.47. The number of nitrogens with zero attached hydrogens (tertiary/aromatic N) is 4. The van der Waals surface area contributed by atoms with Crippen molar-refractivity contribution in [1.29, 1.82) is 0 Å². The summed E-state index contributed by atoms with van der Waals surface area (Å²) in [5.74, 6) is 1.39. The van der Waals surface area contributed by atoms with E-state index in [0.29, 0.717) is 12.2 Å². The Kier molecular flexibility index (Phi) is 6.27. The molecule has 6 nitrogen and oxygen atoms in total. The Bertz CT molecular complexity index is 767. The number of anilines is 3. The van der Waals surface area contributed by atoms with Crippen molar-refractivity contribution in [2.24, 2.45) is 0 Å². The Morgan fingerprint density at radius 1 is 1.04 bits per heavy atom. The molecule has 1 aromatic carbocycles. The van der Waals surface area contributed by atoms with Gasteiger partial charge in [0, 0.05) is 38.3 Å². The van der Waals surface area contributed by atoms with E-state index >= 15 is 0 Å². The quantitative estimate of drug-likeness (QED) is 0.846. The summed E-state index contributed by atoms with van der Waals surface area (Å²) in [6, 6.07) is 10.3. The second-order valence-corrected chi connectivity index (χ2v) is 7.12. The first kappa shape index (κ1) is 19.1. The van der Waals surface area contributed by atoms with Crippen LogP contribution in [0, 0.1) is 13.8 Å². The van der Waals surface area contributed by atoms with E-state index in [1.54, 1.807) is 0 Å². The maximum absolute atomic E-state index is 11.8. The normalized spacial score (nSPS) is 14.3. The highest BCUT2D eigenvalue weighted by molar-refractivity contribution is 5.89. The molecule has 1 aliphatic heterocycles. The molecule has 27 heavy (non-hydrogen) atoms. The van der Waals surface area contributed by atoms with Crippen LogP contribution in [0.15, 0.2) is 30.3 Å². The fraction of sp³-hybridized carbons (Fsp3) is 0.476. The minimum Gasteiger partial charge on any atom is -0.368 e. The fourth-order valence-corrected chi connectivity index (χ4v) is 3.36. The van der Waals surface area contributed by atoms with E-state index in [1.807, 2.05) is 12.1 Å². The van der Waals surface area contributed by atoms with Gasteiger partial charge in [0.05, 0.1) is 0 Å². The minimum atomic E-state index is 0.000962. The summed E-state index contributed by atoms with van der Waals surface area (Å²) in [6.07, 6.45) is 2.42. The Morgan fingerprint density at radius 3 is 2.44 bits per heavy atom. The van der Waals surface area contributed by atoms with Gasteiger partial charge in [-0.2, -0.15) is 0 Å². The number of nitrogens with one attached hydrogen (secondary N) is 1. The van der Waals surface area contributed by atoms with Crippen LogP contribution in [0.2, 0.25) is 0 Å². The van der Waals surface area contributed by atoms with Gasteiger partial charge in [0.25, 0.3) is 0 Å². The largest absolute Gasteiger partial charge is 0.368 e. The Labute approximate surface area is 161 Å². The van der Waals surface area contributed by atoms with Gasteiger partial charge in [0.15, 0.2) is 11.6 Å². The van der Waals surface area contributed by atoms with Crippen LogP contribution >= 0.6 is 0 Å². The Hall–Kier alpha value is -2.63. The predicted molar refractivity (Wildman–Crippen MR) is 111 cm³/mol. The Morgan fingerprint density at radius 2 is 1.78 bits per heavy atom. The van der Waals surface area contributed by atoms with E-state index < -0.39 is 0 Å². The van der Waals surface area contributed by atoms with E-state index in [2.05, 4.69) is 64.3 Å². The average molecular weight is 367 g/mol. The summed E-state index contributed by atoms with van der Waals surface area (Å²) in [5.41, 5.74) is 4.01. The number of carbonyl (C=O) groups is 1. The third-order valence-electron chi connectivity index (χ3n) is 5.20. The molecule has 3 rings (SSSR count). The van der Waals surface area contributed by atoms with E-state index in [-0.39, 0.29) is 5.91 Å². The van der Waals surface area contributed by atoms with Crippen LogP contribution in [-0.2, 0) is 4.79 Å². The van der Waals surface area contributed by atoms with Crippen LogP contribution in [0.1, 0.15) is 37.3 Å². The van der Waals surface area contributed by atoms with Gasteiger partial charge < -0.3 is 15.1 Å². The van der Waals surface area contributed by atoms with Crippen LogP contribution in [0.3, 0.4) is 0 Å². The second kappa shape index (κ2) is 8.84. The molecule has 0 spiro atoms. The maximum atomic E-state index is 11.8. The molecule has 144 valence electrons. The number of carbonyl (C=O) groups excluding carboxylic acids is 1. The molecule has 1 amide bonds. The monoisotopic (exact) mass is 367 g/mol. The van der Waals surface area contributed by atoms with Gasteiger partial charge in [0.1, 0.15) is 0 Å².